The number of aryl methyl sites for hydroxylation is 2. The van der Waals surface area contributed by atoms with E-state index in [2.05, 4.69) is 79.7 Å². The van der Waals surface area contributed by atoms with Crippen molar-refractivity contribution in [2.75, 3.05) is 0 Å². The van der Waals surface area contributed by atoms with Crippen LogP contribution in [0.4, 0.5) is 0 Å². The second kappa shape index (κ2) is 7.96. The van der Waals surface area contributed by atoms with E-state index >= 15 is 0 Å². The summed E-state index contributed by atoms with van der Waals surface area (Å²) in [7, 11) is 0. The minimum Gasteiger partial charge on any atom is -0.507 e. The number of hydrogen-bond acceptors (Lipinski definition) is 2. The van der Waals surface area contributed by atoms with Gasteiger partial charge in [0.25, 0.3) is 0 Å². The van der Waals surface area contributed by atoms with Crippen LogP contribution in [0, 0.1) is 6.92 Å². The zero-order valence-electron chi connectivity index (χ0n) is 18.3. The van der Waals surface area contributed by atoms with Crippen molar-refractivity contribution in [1.82, 2.24) is 0 Å². The molecule has 2 nitrogen and oxygen atoms in total. The highest BCUT2D eigenvalue weighted by Gasteiger charge is 2.26. The van der Waals surface area contributed by atoms with Crippen LogP contribution in [0.1, 0.15) is 77.1 Å². The van der Waals surface area contributed by atoms with Gasteiger partial charge in [0.2, 0.25) is 0 Å². The predicted octanol–water partition coefficient (Wildman–Crippen LogP) is 6.70. The number of hydrogen-bond donors (Lipinski definition) is 1. The zero-order chi connectivity index (χ0) is 20.4. The maximum atomic E-state index is 10.9. The first-order chi connectivity index (χ1) is 12.4. The van der Waals surface area contributed by atoms with Gasteiger partial charge in [-0.15, -0.1) is 0 Å². The smallest absolute Gasteiger partial charge is 0.123 e. The minimum atomic E-state index is -0.0931. The summed E-state index contributed by atoms with van der Waals surface area (Å²) in [5.41, 5.74) is 4.37. The summed E-state index contributed by atoms with van der Waals surface area (Å²) < 4.78 is 6.06. The van der Waals surface area contributed by atoms with E-state index in [0.717, 1.165) is 29.7 Å². The van der Waals surface area contributed by atoms with Gasteiger partial charge in [0.05, 0.1) is 6.10 Å². The molecular formula is C25H36O2. The number of ether oxygens (including phenoxy) is 1. The molecule has 2 rings (SSSR count). The Hall–Kier alpha value is -1.96. The Morgan fingerprint density at radius 2 is 1.37 bits per heavy atom. The van der Waals surface area contributed by atoms with Gasteiger partial charge < -0.3 is 9.84 Å². The zero-order valence-corrected chi connectivity index (χ0v) is 18.3. The van der Waals surface area contributed by atoms with Crippen LogP contribution in [0.3, 0.4) is 0 Å². The quantitative estimate of drug-likeness (QED) is 0.636. The fourth-order valence-electron chi connectivity index (χ4n) is 3.26. The number of aromatic hydroxyl groups is 1. The number of phenols is 1. The van der Waals surface area contributed by atoms with E-state index in [1.165, 1.54) is 11.1 Å². The lowest BCUT2D eigenvalue weighted by Gasteiger charge is -2.28. The van der Waals surface area contributed by atoms with Gasteiger partial charge in [0.15, 0.2) is 0 Å². The van der Waals surface area contributed by atoms with Gasteiger partial charge in [-0.3, -0.25) is 0 Å². The molecule has 0 heterocycles. The Balaban J connectivity index is 2.18. The average Bonchev–Trinajstić information content (AvgIpc) is 2.54. The topological polar surface area (TPSA) is 29.5 Å². The summed E-state index contributed by atoms with van der Waals surface area (Å²) in [6.45, 7) is 17.1. The molecule has 1 atom stereocenters. The maximum Gasteiger partial charge on any atom is 0.123 e. The Morgan fingerprint density at radius 3 is 1.81 bits per heavy atom. The lowest BCUT2D eigenvalue weighted by Crippen LogP contribution is -2.18. The van der Waals surface area contributed by atoms with Gasteiger partial charge in [-0.2, -0.15) is 0 Å². The van der Waals surface area contributed by atoms with Crippen LogP contribution < -0.4 is 4.74 Å². The van der Waals surface area contributed by atoms with E-state index in [4.69, 9.17) is 4.74 Å². The molecule has 1 unspecified atom stereocenters. The van der Waals surface area contributed by atoms with E-state index in [-0.39, 0.29) is 16.9 Å². The van der Waals surface area contributed by atoms with Gasteiger partial charge in [-0.1, -0.05) is 71.4 Å². The number of phenolic OH excluding ortho intramolecular Hbond substituents is 1. The van der Waals surface area contributed by atoms with Crippen LogP contribution in [0.15, 0.2) is 36.4 Å². The first-order valence-electron chi connectivity index (χ1n) is 9.98. The molecule has 1 N–H and O–H groups in total. The SMILES string of the molecule is Cc1ccc(OC(C)CCc2cc(C(C)(C)C)c(O)c(C(C)(C)C)c2)cc1. The highest BCUT2D eigenvalue weighted by atomic mass is 16.5. The molecule has 2 heteroatoms. The van der Waals surface area contributed by atoms with E-state index in [1.807, 2.05) is 12.1 Å². The molecule has 0 aliphatic carbocycles. The van der Waals surface area contributed by atoms with Gasteiger partial charge in [-0.05, 0) is 66.3 Å². The van der Waals surface area contributed by atoms with Gasteiger partial charge in [0, 0.05) is 0 Å². The van der Waals surface area contributed by atoms with E-state index in [9.17, 15) is 5.11 Å². The summed E-state index contributed by atoms with van der Waals surface area (Å²) in [6.07, 6.45) is 2.00. The van der Waals surface area contributed by atoms with Crippen molar-refractivity contribution in [2.45, 2.75) is 85.2 Å². The molecule has 0 bridgehead atoms. The van der Waals surface area contributed by atoms with Gasteiger partial charge in [0.1, 0.15) is 11.5 Å². The molecule has 148 valence electrons. The Bertz CT molecular complexity index is 723. The van der Waals surface area contributed by atoms with Gasteiger partial charge >= 0.3 is 0 Å². The number of benzene rings is 2. The third kappa shape index (κ3) is 5.76. The molecule has 0 aromatic heterocycles. The van der Waals surface area contributed by atoms with Crippen LogP contribution in [-0.2, 0) is 17.3 Å². The van der Waals surface area contributed by atoms with E-state index in [0.29, 0.717) is 5.75 Å². The summed E-state index contributed by atoms with van der Waals surface area (Å²) in [4.78, 5) is 0. The van der Waals surface area contributed by atoms with Crippen LogP contribution in [0.5, 0.6) is 11.5 Å². The van der Waals surface area contributed by atoms with Crippen molar-refractivity contribution in [1.29, 1.82) is 0 Å². The molecule has 2 aromatic rings. The first-order valence-corrected chi connectivity index (χ1v) is 9.98. The van der Waals surface area contributed by atoms with Gasteiger partial charge in [-0.25, -0.2) is 0 Å². The maximum absolute atomic E-state index is 10.9. The third-order valence-corrected chi connectivity index (χ3v) is 4.98. The normalized spacial score (nSPS) is 13.5. The van der Waals surface area contributed by atoms with Crippen LogP contribution >= 0.6 is 0 Å². The largest absolute Gasteiger partial charge is 0.507 e. The highest BCUT2D eigenvalue weighted by molar-refractivity contribution is 5.50. The second-order valence-electron chi connectivity index (χ2n) is 9.82. The average molecular weight is 369 g/mol. The molecule has 0 radical (unpaired) electrons. The molecule has 0 saturated heterocycles. The molecule has 2 aromatic carbocycles. The predicted molar refractivity (Wildman–Crippen MR) is 115 cm³/mol. The van der Waals surface area contributed by atoms with Crippen LogP contribution in [0.25, 0.3) is 0 Å². The van der Waals surface area contributed by atoms with Crippen LogP contribution in [0.2, 0.25) is 0 Å². The van der Waals surface area contributed by atoms with Crippen molar-refractivity contribution in [3.8, 4) is 11.5 Å². The molecule has 0 spiro atoms. The Kier molecular flexibility index (Phi) is 6.29. The van der Waals surface area contributed by atoms with Crippen molar-refractivity contribution < 1.29 is 9.84 Å². The molecule has 0 amide bonds. The molecule has 0 aliphatic heterocycles. The molecule has 0 fully saturated rings. The summed E-state index contributed by atoms with van der Waals surface area (Å²) in [6, 6.07) is 12.6. The first kappa shape index (κ1) is 21.3. The van der Waals surface area contributed by atoms with Crippen molar-refractivity contribution in [3.63, 3.8) is 0 Å². The summed E-state index contributed by atoms with van der Waals surface area (Å²) in [5, 5.41) is 10.9. The Labute approximate surface area is 165 Å². The second-order valence-corrected chi connectivity index (χ2v) is 9.82. The lowest BCUT2D eigenvalue weighted by molar-refractivity contribution is 0.211. The fraction of sp³-hybridized carbons (Fsp3) is 0.520. The lowest BCUT2D eigenvalue weighted by atomic mass is 9.78. The van der Waals surface area contributed by atoms with Crippen molar-refractivity contribution >= 4 is 0 Å². The number of rotatable bonds is 5. The highest BCUT2D eigenvalue weighted by Crippen LogP contribution is 2.40. The van der Waals surface area contributed by atoms with Crippen LogP contribution in [-0.4, -0.2) is 11.2 Å². The molecule has 0 saturated carbocycles. The van der Waals surface area contributed by atoms with Crippen molar-refractivity contribution in [2.24, 2.45) is 0 Å². The molecular weight excluding hydrogens is 332 g/mol. The Morgan fingerprint density at radius 1 is 0.889 bits per heavy atom. The molecule has 0 aliphatic rings. The van der Waals surface area contributed by atoms with E-state index in [1.54, 1.807) is 0 Å². The third-order valence-electron chi connectivity index (χ3n) is 4.98. The summed E-state index contributed by atoms with van der Waals surface area (Å²) >= 11 is 0. The molecule has 27 heavy (non-hydrogen) atoms. The fourth-order valence-corrected chi connectivity index (χ4v) is 3.26. The monoisotopic (exact) mass is 368 g/mol. The summed E-state index contributed by atoms with van der Waals surface area (Å²) in [5.74, 6) is 1.37. The van der Waals surface area contributed by atoms with E-state index < -0.39 is 0 Å². The minimum absolute atomic E-state index is 0.0931. The van der Waals surface area contributed by atoms with Crippen molar-refractivity contribution in [3.05, 3.63) is 58.7 Å². The standard InChI is InChI=1S/C25H36O2/c1-17-9-13-20(14-10-17)27-18(2)11-12-19-15-21(24(3,4)5)23(26)22(16-19)25(6,7)8/h9-10,13-16,18,26H,11-12H2,1-8H3.